The van der Waals surface area contributed by atoms with E-state index in [1.54, 1.807) is 18.0 Å². The van der Waals surface area contributed by atoms with Crippen LogP contribution < -0.4 is 5.73 Å². The van der Waals surface area contributed by atoms with E-state index in [9.17, 15) is 0 Å². The number of benzene rings is 1. The topological polar surface area (TPSA) is 56.2 Å². The minimum atomic E-state index is 0.769. The Bertz CT molecular complexity index is 688. The lowest BCUT2D eigenvalue weighted by molar-refractivity contribution is 0.899. The molecule has 0 aliphatic heterocycles. The predicted octanol–water partition coefficient (Wildman–Crippen LogP) is 2.77. The van der Waals surface area contributed by atoms with E-state index in [1.807, 2.05) is 48.0 Å². The van der Waals surface area contributed by atoms with Crippen LogP contribution in [-0.2, 0) is 0 Å². The highest BCUT2D eigenvalue weighted by Crippen LogP contribution is 2.29. The van der Waals surface area contributed by atoms with E-state index in [1.165, 1.54) is 0 Å². The maximum atomic E-state index is 5.67. The van der Waals surface area contributed by atoms with Crippen LogP contribution in [0.3, 0.4) is 0 Å². The van der Waals surface area contributed by atoms with E-state index in [2.05, 4.69) is 10.1 Å². The molecule has 0 fully saturated rings. The van der Waals surface area contributed by atoms with Gasteiger partial charge in [0.05, 0.1) is 11.2 Å². The molecule has 3 rings (SSSR count). The molecule has 18 heavy (non-hydrogen) atoms. The molecule has 2 aromatic heterocycles. The maximum Gasteiger partial charge on any atom is 0.127 e. The van der Waals surface area contributed by atoms with Crippen LogP contribution >= 0.6 is 11.8 Å². The van der Waals surface area contributed by atoms with Crippen molar-refractivity contribution in [3.05, 3.63) is 48.4 Å². The van der Waals surface area contributed by atoms with E-state index in [4.69, 9.17) is 5.73 Å². The van der Waals surface area contributed by atoms with Crippen molar-refractivity contribution >= 4 is 23.0 Å². The van der Waals surface area contributed by atoms with Gasteiger partial charge in [-0.05, 0) is 37.3 Å². The Morgan fingerprint density at radius 1 is 1.22 bits per heavy atom. The van der Waals surface area contributed by atoms with E-state index in [-0.39, 0.29) is 0 Å². The molecule has 2 heterocycles. The quantitative estimate of drug-likeness (QED) is 0.716. The summed E-state index contributed by atoms with van der Waals surface area (Å²) in [5.74, 6) is 0. The van der Waals surface area contributed by atoms with Gasteiger partial charge in [-0.3, -0.25) is 0 Å². The van der Waals surface area contributed by atoms with E-state index >= 15 is 0 Å². The minimum Gasteiger partial charge on any atom is -0.399 e. The van der Waals surface area contributed by atoms with Crippen molar-refractivity contribution < 1.29 is 0 Å². The SMILES string of the molecule is Cc1cc2c(Sc3ccc(N)cc3)nccn2n1. The van der Waals surface area contributed by atoms with Crippen LogP contribution in [0.25, 0.3) is 5.52 Å². The van der Waals surface area contributed by atoms with Crippen LogP contribution in [0.1, 0.15) is 5.69 Å². The standard InChI is InChI=1S/C13H12N4S/c1-9-8-12-13(15-6-7-17(12)16-9)18-11-4-2-10(14)3-5-11/h2-8H,14H2,1H3. The zero-order valence-corrected chi connectivity index (χ0v) is 10.7. The van der Waals surface area contributed by atoms with Gasteiger partial charge in [-0.15, -0.1) is 0 Å². The van der Waals surface area contributed by atoms with Crippen LogP contribution in [0.2, 0.25) is 0 Å². The van der Waals surface area contributed by atoms with Crippen LogP contribution in [0.5, 0.6) is 0 Å². The summed E-state index contributed by atoms with van der Waals surface area (Å²) in [7, 11) is 0. The van der Waals surface area contributed by atoms with Gasteiger partial charge >= 0.3 is 0 Å². The number of aryl methyl sites for hydroxylation is 1. The average molecular weight is 256 g/mol. The second-order valence-corrected chi connectivity index (χ2v) is 5.08. The normalized spacial score (nSPS) is 10.9. The monoisotopic (exact) mass is 256 g/mol. The van der Waals surface area contributed by atoms with E-state index in [0.29, 0.717) is 0 Å². The third kappa shape index (κ3) is 2.04. The van der Waals surface area contributed by atoms with Gasteiger partial charge in [0.15, 0.2) is 0 Å². The highest BCUT2D eigenvalue weighted by atomic mass is 32.2. The Morgan fingerprint density at radius 2 is 2.00 bits per heavy atom. The molecular formula is C13H12N4S. The van der Waals surface area contributed by atoms with Crippen molar-refractivity contribution in [3.8, 4) is 0 Å². The second kappa shape index (κ2) is 4.34. The number of aromatic nitrogens is 3. The lowest BCUT2D eigenvalue weighted by atomic mass is 10.3. The molecule has 0 radical (unpaired) electrons. The number of nitrogens with two attached hydrogens (primary N) is 1. The zero-order chi connectivity index (χ0) is 12.5. The van der Waals surface area contributed by atoms with Crippen molar-refractivity contribution in [2.24, 2.45) is 0 Å². The summed E-state index contributed by atoms with van der Waals surface area (Å²) in [6.07, 6.45) is 3.62. The van der Waals surface area contributed by atoms with Gasteiger partial charge in [-0.2, -0.15) is 5.10 Å². The molecule has 90 valence electrons. The summed E-state index contributed by atoms with van der Waals surface area (Å²) < 4.78 is 1.85. The van der Waals surface area contributed by atoms with Gasteiger partial charge in [-0.1, -0.05) is 11.8 Å². The highest BCUT2D eigenvalue weighted by molar-refractivity contribution is 7.99. The van der Waals surface area contributed by atoms with Crippen LogP contribution in [-0.4, -0.2) is 14.6 Å². The van der Waals surface area contributed by atoms with Gasteiger partial charge in [0.1, 0.15) is 5.03 Å². The number of rotatable bonds is 2. The summed E-state index contributed by atoms with van der Waals surface area (Å²) in [5.41, 5.74) is 8.46. The highest BCUT2D eigenvalue weighted by Gasteiger charge is 2.06. The molecule has 0 unspecified atom stereocenters. The molecule has 1 aromatic carbocycles. The average Bonchev–Trinajstić information content (AvgIpc) is 2.73. The van der Waals surface area contributed by atoms with Crippen molar-refractivity contribution in [3.63, 3.8) is 0 Å². The number of nitrogen functional groups attached to an aromatic ring is 1. The van der Waals surface area contributed by atoms with Gasteiger partial charge in [0, 0.05) is 23.0 Å². The van der Waals surface area contributed by atoms with Crippen molar-refractivity contribution in [1.82, 2.24) is 14.6 Å². The smallest absolute Gasteiger partial charge is 0.127 e. The summed E-state index contributed by atoms with van der Waals surface area (Å²) in [5, 5.41) is 5.32. The fraction of sp³-hybridized carbons (Fsp3) is 0.0769. The third-order valence-electron chi connectivity index (χ3n) is 2.57. The zero-order valence-electron chi connectivity index (χ0n) is 9.87. The molecule has 0 spiro atoms. The molecule has 0 bridgehead atoms. The lowest BCUT2D eigenvalue weighted by Gasteiger charge is -2.03. The largest absolute Gasteiger partial charge is 0.399 e. The van der Waals surface area contributed by atoms with Crippen LogP contribution in [0.4, 0.5) is 5.69 Å². The van der Waals surface area contributed by atoms with Gasteiger partial charge in [0.25, 0.3) is 0 Å². The number of hydrogen-bond donors (Lipinski definition) is 1. The first-order chi connectivity index (χ1) is 8.72. The number of nitrogens with zero attached hydrogens (tertiary/aromatic N) is 3. The molecular weight excluding hydrogens is 244 g/mol. The second-order valence-electron chi connectivity index (χ2n) is 4.02. The first-order valence-electron chi connectivity index (χ1n) is 5.57. The van der Waals surface area contributed by atoms with Crippen LogP contribution in [0.15, 0.2) is 52.6 Å². The summed E-state index contributed by atoms with van der Waals surface area (Å²) in [4.78, 5) is 5.52. The van der Waals surface area contributed by atoms with Crippen LogP contribution in [0, 0.1) is 6.92 Å². The number of fused-ring (bicyclic) bond motifs is 1. The Labute approximate surface area is 109 Å². The Hall–Kier alpha value is -2.01. The Kier molecular flexibility index (Phi) is 2.68. The maximum absolute atomic E-state index is 5.67. The predicted molar refractivity (Wildman–Crippen MR) is 72.7 cm³/mol. The van der Waals surface area contributed by atoms with E-state index in [0.717, 1.165) is 26.8 Å². The summed E-state index contributed by atoms with van der Waals surface area (Å²) in [6, 6.07) is 9.81. The Morgan fingerprint density at radius 3 is 2.78 bits per heavy atom. The molecule has 0 saturated heterocycles. The third-order valence-corrected chi connectivity index (χ3v) is 3.59. The fourth-order valence-electron chi connectivity index (χ4n) is 1.75. The molecule has 5 heteroatoms. The molecule has 4 nitrogen and oxygen atoms in total. The molecule has 3 aromatic rings. The molecule has 0 aliphatic carbocycles. The molecule has 0 atom stereocenters. The lowest BCUT2D eigenvalue weighted by Crippen LogP contribution is -1.90. The van der Waals surface area contributed by atoms with E-state index < -0.39 is 0 Å². The Balaban J connectivity index is 2.01. The molecule has 2 N–H and O–H groups in total. The molecule has 0 amide bonds. The molecule has 0 saturated carbocycles. The van der Waals surface area contributed by atoms with Gasteiger partial charge in [0.2, 0.25) is 0 Å². The fourth-order valence-corrected chi connectivity index (χ4v) is 2.61. The first kappa shape index (κ1) is 11.1. The number of hydrogen-bond acceptors (Lipinski definition) is 4. The number of anilines is 1. The van der Waals surface area contributed by atoms with Crippen molar-refractivity contribution in [2.45, 2.75) is 16.8 Å². The van der Waals surface area contributed by atoms with Gasteiger partial charge in [-0.25, -0.2) is 9.50 Å². The summed E-state index contributed by atoms with van der Waals surface area (Å²) >= 11 is 1.61. The van der Waals surface area contributed by atoms with Gasteiger partial charge < -0.3 is 5.73 Å². The minimum absolute atomic E-state index is 0.769. The first-order valence-corrected chi connectivity index (χ1v) is 6.38. The van der Waals surface area contributed by atoms with Crippen molar-refractivity contribution in [1.29, 1.82) is 0 Å². The molecule has 0 aliphatic rings. The summed E-state index contributed by atoms with van der Waals surface area (Å²) in [6.45, 7) is 1.98. The van der Waals surface area contributed by atoms with Crippen molar-refractivity contribution in [2.75, 3.05) is 5.73 Å².